The van der Waals surface area contributed by atoms with Gasteiger partial charge in [0.15, 0.2) is 0 Å². The Bertz CT molecular complexity index is 569. The number of carbonyl (C=O) groups excluding carboxylic acids is 2. The van der Waals surface area contributed by atoms with Gasteiger partial charge in [-0.1, -0.05) is 32.0 Å². The molecule has 0 aliphatic carbocycles. The number of para-hydroxylation sites is 1. The number of fused-ring (bicyclic) bond motifs is 1. The zero-order valence-corrected chi connectivity index (χ0v) is 14.3. The monoisotopic (exact) mass is 318 g/mol. The summed E-state index contributed by atoms with van der Waals surface area (Å²) in [6.45, 7) is 4.44. The molecule has 1 aromatic rings. The molecule has 1 aliphatic heterocycles. The van der Waals surface area contributed by atoms with Gasteiger partial charge in [-0.25, -0.2) is 0 Å². The number of amides is 2. The first-order valence-electron chi connectivity index (χ1n) is 8.10. The lowest BCUT2D eigenvalue weighted by atomic mass is 9.95. The molecule has 23 heavy (non-hydrogen) atoms. The van der Waals surface area contributed by atoms with Crippen molar-refractivity contribution in [2.24, 2.45) is 11.8 Å². The van der Waals surface area contributed by atoms with Crippen molar-refractivity contribution in [2.75, 3.05) is 20.7 Å². The average Bonchev–Trinajstić information content (AvgIpc) is 2.52. The molecule has 0 fully saturated rings. The topological polar surface area (TPSA) is 58.6 Å². The largest absolute Gasteiger partial charge is 0.492 e. The zero-order chi connectivity index (χ0) is 17.0. The molecule has 0 spiro atoms. The number of rotatable bonds is 5. The second-order valence-corrected chi connectivity index (χ2v) is 6.74. The Hall–Kier alpha value is -2.04. The van der Waals surface area contributed by atoms with Crippen molar-refractivity contribution in [2.45, 2.75) is 32.7 Å². The summed E-state index contributed by atoms with van der Waals surface area (Å²) in [7, 11) is 3.42. The maximum absolute atomic E-state index is 12.6. The van der Waals surface area contributed by atoms with Gasteiger partial charge in [0.1, 0.15) is 18.4 Å². The predicted molar refractivity (Wildman–Crippen MR) is 89.2 cm³/mol. The van der Waals surface area contributed by atoms with Crippen LogP contribution in [0.3, 0.4) is 0 Å². The molecule has 2 amide bonds. The fraction of sp³-hybridized carbons (Fsp3) is 0.556. The highest BCUT2D eigenvalue weighted by molar-refractivity contribution is 5.88. The fourth-order valence-corrected chi connectivity index (χ4v) is 2.79. The second-order valence-electron chi connectivity index (χ2n) is 6.74. The molecular formula is C18H26N2O3. The fourth-order valence-electron chi connectivity index (χ4n) is 2.79. The third kappa shape index (κ3) is 4.47. The van der Waals surface area contributed by atoms with Gasteiger partial charge in [0, 0.05) is 14.1 Å². The van der Waals surface area contributed by atoms with Gasteiger partial charge in [0.2, 0.25) is 11.8 Å². The van der Waals surface area contributed by atoms with Crippen molar-refractivity contribution in [3.05, 3.63) is 29.8 Å². The van der Waals surface area contributed by atoms with Crippen LogP contribution >= 0.6 is 0 Å². The van der Waals surface area contributed by atoms with E-state index in [4.69, 9.17) is 4.74 Å². The van der Waals surface area contributed by atoms with Gasteiger partial charge in [-0.2, -0.15) is 0 Å². The van der Waals surface area contributed by atoms with Crippen molar-refractivity contribution in [3.63, 3.8) is 0 Å². The molecule has 2 unspecified atom stereocenters. The molecule has 126 valence electrons. The Kier molecular flexibility index (Phi) is 5.64. The van der Waals surface area contributed by atoms with Crippen LogP contribution in [0.2, 0.25) is 0 Å². The van der Waals surface area contributed by atoms with Crippen molar-refractivity contribution in [1.29, 1.82) is 0 Å². The lowest BCUT2D eigenvalue weighted by Crippen LogP contribution is -2.50. The van der Waals surface area contributed by atoms with Crippen LogP contribution in [0.1, 0.15) is 25.8 Å². The molecule has 2 atom stereocenters. The maximum Gasteiger partial charge on any atom is 0.244 e. The van der Waals surface area contributed by atoms with E-state index in [1.54, 1.807) is 14.1 Å². The van der Waals surface area contributed by atoms with E-state index in [-0.39, 0.29) is 17.7 Å². The molecular weight excluding hydrogens is 292 g/mol. The van der Waals surface area contributed by atoms with E-state index in [2.05, 4.69) is 5.32 Å². The van der Waals surface area contributed by atoms with Crippen LogP contribution < -0.4 is 10.1 Å². The van der Waals surface area contributed by atoms with E-state index < -0.39 is 6.04 Å². The average molecular weight is 318 g/mol. The van der Waals surface area contributed by atoms with E-state index in [9.17, 15) is 9.59 Å². The zero-order valence-electron chi connectivity index (χ0n) is 14.3. The van der Waals surface area contributed by atoms with E-state index in [1.807, 2.05) is 38.1 Å². The minimum atomic E-state index is -0.477. The Morgan fingerprint density at radius 2 is 2.00 bits per heavy atom. The number of ether oxygens (including phenoxy) is 1. The van der Waals surface area contributed by atoms with Crippen LogP contribution in [0.15, 0.2) is 24.3 Å². The Morgan fingerprint density at radius 3 is 2.65 bits per heavy atom. The van der Waals surface area contributed by atoms with E-state index in [0.29, 0.717) is 25.4 Å². The van der Waals surface area contributed by atoms with Crippen LogP contribution in [0.5, 0.6) is 5.75 Å². The van der Waals surface area contributed by atoms with Crippen LogP contribution in [0.25, 0.3) is 0 Å². The van der Waals surface area contributed by atoms with Crippen molar-refractivity contribution >= 4 is 11.8 Å². The minimum absolute atomic E-state index is 0.0656. The molecule has 1 aromatic carbocycles. The Morgan fingerprint density at radius 1 is 1.30 bits per heavy atom. The summed E-state index contributed by atoms with van der Waals surface area (Å²) in [6, 6.07) is 7.29. The number of likely N-dealkylation sites (N-methyl/N-ethyl adjacent to an activating group) is 1. The lowest BCUT2D eigenvalue weighted by molar-refractivity contribution is -0.136. The molecule has 1 N–H and O–H groups in total. The number of nitrogens with zero attached hydrogens (tertiary/aromatic N) is 1. The smallest absolute Gasteiger partial charge is 0.244 e. The van der Waals surface area contributed by atoms with Gasteiger partial charge in [-0.15, -0.1) is 0 Å². The highest BCUT2D eigenvalue weighted by atomic mass is 16.5. The Labute approximate surface area is 138 Å². The molecule has 0 saturated carbocycles. The van der Waals surface area contributed by atoms with E-state index >= 15 is 0 Å². The van der Waals surface area contributed by atoms with Gasteiger partial charge < -0.3 is 15.0 Å². The maximum atomic E-state index is 12.6. The molecule has 0 saturated heterocycles. The first-order valence-corrected chi connectivity index (χ1v) is 8.10. The summed E-state index contributed by atoms with van der Waals surface area (Å²) < 4.78 is 5.67. The van der Waals surface area contributed by atoms with Crippen LogP contribution in [-0.4, -0.2) is 43.5 Å². The molecule has 0 bridgehead atoms. The molecule has 0 aromatic heterocycles. The van der Waals surface area contributed by atoms with Crippen LogP contribution in [-0.2, 0) is 16.0 Å². The quantitative estimate of drug-likeness (QED) is 0.901. The SMILES string of the molecule is CC(C)CC(NC(=O)C1COc2ccccc2C1)C(=O)N(C)C. The Balaban J connectivity index is 2.03. The molecule has 2 rings (SSSR count). The highest BCUT2D eigenvalue weighted by Crippen LogP contribution is 2.27. The highest BCUT2D eigenvalue weighted by Gasteiger charge is 2.30. The lowest BCUT2D eigenvalue weighted by Gasteiger charge is -2.28. The number of nitrogens with one attached hydrogen (secondary N) is 1. The third-order valence-electron chi connectivity index (χ3n) is 4.01. The standard InChI is InChI=1S/C18H26N2O3/c1-12(2)9-15(18(22)20(3)4)19-17(21)14-10-13-7-5-6-8-16(13)23-11-14/h5-8,12,14-15H,9-11H2,1-4H3,(H,19,21). The summed E-state index contributed by atoms with van der Waals surface area (Å²) in [5.41, 5.74) is 1.04. The molecule has 1 aliphatic rings. The van der Waals surface area contributed by atoms with Crippen molar-refractivity contribution in [1.82, 2.24) is 10.2 Å². The summed E-state index contributed by atoms with van der Waals surface area (Å²) in [5, 5.41) is 2.92. The van der Waals surface area contributed by atoms with Gasteiger partial charge in [0.25, 0.3) is 0 Å². The summed E-state index contributed by atoms with van der Waals surface area (Å²) in [5.74, 6) is 0.742. The van der Waals surface area contributed by atoms with Gasteiger partial charge in [0.05, 0.1) is 5.92 Å². The molecule has 1 heterocycles. The van der Waals surface area contributed by atoms with Gasteiger partial charge in [-0.3, -0.25) is 9.59 Å². The molecule has 0 radical (unpaired) electrons. The first kappa shape index (κ1) is 17.3. The first-order chi connectivity index (χ1) is 10.9. The summed E-state index contributed by atoms with van der Waals surface area (Å²) >= 11 is 0. The van der Waals surface area contributed by atoms with Crippen molar-refractivity contribution < 1.29 is 14.3 Å². The van der Waals surface area contributed by atoms with Crippen LogP contribution in [0, 0.1) is 11.8 Å². The van der Waals surface area contributed by atoms with Crippen LogP contribution in [0.4, 0.5) is 0 Å². The van der Waals surface area contributed by atoms with Gasteiger partial charge >= 0.3 is 0 Å². The number of carbonyl (C=O) groups is 2. The predicted octanol–water partition coefficient (Wildman–Crippen LogP) is 1.86. The normalized spacial score (nSPS) is 17.9. The second kappa shape index (κ2) is 7.49. The van der Waals surface area contributed by atoms with Gasteiger partial charge in [-0.05, 0) is 30.4 Å². The third-order valence-corrected chi connectivity index (χ3v) is 4.01. The van der Waals surface area contributed by atoms with E-state index in [0.717, 1.165) is 11.3 Å². The summed E-state index contributed by atoms with van der Waals surface area (Å²) in [4.78, 5) is 26.4. The minimum Gasteiger partial charge on any atom is -0.492 e. The number of hydrogen-bond acceptors (Lipinski definition) is 3. The molecule has 5 heteroatoms. The molecule has 5 nitrogen and oxygen atoms in total. The number of hydrogen-bond donors (Lipinski definition) is 1. The summed E-state index contributed by atoms with van der Waals surface area (Å²) in [6.07, 6.45) is 1.28. The van der Waals surface area contributed by atoms with Crippen molar-refractivity contribution in [3.8, 4) is 5.75 Å². The number of benzene rings is 1. The van der Waals surface area contributed by atoms with E-state index in [1.165, 1.54) is 4.90 Å².